The van der Waals surface area contributed by atoms with Crippen LogP contribution < -0.4 is 10.6 Å². The number of amides is 1. The van der Waals surface area contributed by atoms with Crippen molar-refractivity contribution in [3.8, 4) is 11.3 Å². The van der Waals surface area contributed by atoms with E-state index in [1.165, 1.54) is 0 Å². The summed E-state index contributed by atoms with van der Waals surface area (Å²) in [7, 11) is 1.84. The summed E-state index contributed by atoms with van der Waals surface area (Å²) in [6.45, 7) is 6.76. The van der Waals surface area contributed by atoms with Gasteiger partial charge in [-0.1, -0.05) is 5.16 Å². The maximum atomic E-state index is 12.6. The highest BCUT2D eigenvalue weighted by atomic mass is 35.5. The molecule has 3 heterocycles. The van der Waals surface area contributed by atoms with Crippen LogP contribution in [0, 0.1) is 20.8 Å². The van der Waals surface area contributed by atoms with Crippen LogP contribution in [-0.4, -0.2) is 36.2 Å². The van der Waals surface area contributed by atoms with Gasteiger partial charge in [0.1, 0.15) is 11.5 Å². The summed E-state index contributed by atoms with van der Waals surface area (Å²) < 4.78 is 10.9. The van der Waals surface area contributed by atoms with Crippen molar-refractivity contribution in [3.63, 3.8) is 0 Å². The second kappa shape index (κ2) is 7.67. The molecule has 0 saturated heterocycles. The number of furan rings is 1. The topological polar surface area (TPSA) is 93.2 Å². The second-order valence-corrected chi connectivity index (χ2v) is 5.69. The van der Waals surface area contributed by atoms with Gasteiger partial charge in [-0.3, -0.25) is 4.79 Å². The van der Waals surface area contributed by atoms with Gasteiger partial charge in [0.25, 0.3) is 11.6 Å². The fraction of sp³-hybridized carbons (Fsp3) is 0.353. The number of hydrogen-bond acceptors (Lipinski definition) is 6. The first-order valence-corrected chi connectivity index (χ1v) is 7.78. The molecule has 7 nitrogen and oxygen atoms in total. The number of halogens is 1. The van der Waals surface area contributed by atoms with Gasteiger partial charge in [-0.2, -0.15) is 0 Å². The number of aromatic nitrogens is 2. The van der Waals surface area contributed by atoms with E-state index >= 15 is 0 Å². The van der Waals surface area contributed by atoms with Gasteiger partial charge in [0.05, 0.1) is 22.3 Å². The Balaban J connectivity index is 0.00000225. The zero-order chi connectivity index (χ0) is 17.3. The predicted octanol–water partition coefficient (Wildman–Crippen LogP) is 2.78. The van der Waals surface area contributed by atoms with Crippen molar-refractivity contribution >= 4 is 29.4 Å². The standard InChI is InChI=1S/C17H20N4O3.ClH/c1-9-7-12(11(3)23-9)14-8-13(16(22)19-6-5-18-4)15-10(2)21-24-17(15)20-14;/h7-8,18H,5-6H2,1-4H3,(H,19,22);1H. The molecular weight excluding hydrogens is 344 g/mol. The normalized spacial score (nSPS) is 10.7. The first-order chi connectivity index (χ1) is 11.5. The average Bonchev–Trinajstić information content (AvgIpc) is 3.09. The molecule has 0 aliphatic rings. The van der Waals surface area contributed by atoms with Crippen molar-refractivity contribution < 1.29 is 13.7 Å². The quantitative estimate of drug-likeness (QED) is 0.676. The molecule has 1 amide bonds. The summed E-state index contributed by atoms with van der Waals surface area (Å²) in [6.07, 6.45) is 0. The minimum absolute atomic E-state index is 0. The number of fused-ring (bicyclic) bond motifs is 1. The molecule has 25 heavy (non-hydrogen) atoms. The number of carbonyl (C=O) groups is 1. The van der Waals surface area contributed by atoms with Crippen LogP contribution in [-0.2, 0) is 0 Å². The Kier molecular flexibility index (Phi) is 5.81. The van der Waals surface area contributed by atoms with E-state index in [9.17, 15) is 4.79 Å². The van der Waals surface area contributed by atoms with Crippen LogP contribution in [0.2, 0.25) is 0 Å². The van der Waals surface area contributed by atoms with Gasteiger partial charge in [-0.05, 0) is 40.0 Å². The molecule has 134 valence electrons. The van der Waals surface area contributed by atoms with Crippen LogP contribution in [0.3, 0.4) is 0 Å². The smallest absolute Gasteiger partial charge is 0.259 e. The third kappa shape index (κ3) is 3.67. The summed E-state index contributed by atoms with van der Waals surface area (Å²) in [6, 6.07) is 3.66. The van der Waals surface area contributed by atoms with Gasteiger partial charge >= 0.3 is 0 Å². The maximum absolute atomic E-state index is 12.6. The summed E-state index contributed by atoms with van der Waals surface area (Å²) in [5.41, 5.74) is 2.97. The molecule has 0 radical (unpaired) electrons. The lowest BCUT2D eigenvalue weighted by atomic mass is 10.1. The van der Waals surface area contributed by atoms with Gasteiger partial charge in [-0.15, -0.1) is 12.4 Å². The van der Waals surface area contributed by atoms with Gasteiger partial charge < -0.3 is 19.6 Å². The molecule has 3 aromatic rings. The average molecular weight is 365 g/mol. The van der Waals surface area contributed by atoms with Crippen molar-refractivity contribution in [2.24, 2.45) is 0 Å². The van der Waals surface area contributed by atoms with Gasteiger partial charge in [0.2, 0.25) is 0 Å². The minimum atomic E-state index is -0.178. The molecule has 0 bridgehead atoms. The van der Waals surface area contributed by atoms with E-state index in [-0.39, 0.29) is 18.3 Å². The van der Waals surface area contributed by atoms with Gasteiger partial charge in [-0.25, -0.2) is 4.98 Å². The van der Waals surface area contributed by atoms with Crippen LogP contribution in [0.25, 0.3) is 22.4 Å². The SMILES string of the molecule is CNCCNC(=O)c1cc(-c2cc(C)oc2C)nc2onc(C)c12.Cl. The highest BCUT2D eigenvalue weighted by molar-refractivity contribution is 6.07. The van der Waals surface area contributed by atoms with E-state index in [1.54, 1.807) is 13.0 Å². The van der Waals surface area contributed by atoms with Crippen molar-refractivity contribution in [1.29, 1.82) is 0 Å². The van der Waals surface area contributed by atoms with Crippen LogP contribution in [0.4, 0.5) is 0 Å². The Morgan fingerprint density at radius 1 is 1.20 bits per heavy atom. The maximum Gasteiger partial charge on any atom is 0.259 e. The third-order valence-corrected chi connectivity index (χ3v) is 3.84. The van der Waals surface area contributed by atoms with Crippen LogP contribution in [0.15, 0.2) is 21.1 Å². The van der Waals surface area contributed by atoms with E-state index in [1.807, 2.05) is 27.0 Å². The summed E-state index contributed by atoms with van der Waals surface area (Å²) in [5, 5.41) is 10.5. The highest BCUT2D eigenvalue weighted by Crippen LogP contribution is 2.30. The van der Waals surface area contributed by atoms with E-state index in [0.717, 1.165) is 17.1 Å². The van der Waals surface area contributed by atoms with E-state index in [2.05, 4.69) is 20.8 Å². The Morgan fingerprint density at radius 2 is 1.96 bits per heavy atom. The Morgan fingerprint density at radius 3 is 2.60 bits per heavy atom. The summed E-state index contributed by atoms with van der Waals surface area (Å²) in [4.78, 5) is 17.1. The van der Waals surface area contributed by atoms with Crippen molar-refractivity contribution in [3.05, 3.63) is 34.9 Å². The monoisotopic (exact) mass is 364 g/mol. The number of nitrogens with zero attached hydrogens (tertiary/aromatic N) is 2. The number of likely N-dealkylation sites (N-methyl/N-ethyl adjacent to an activating group) is 1. The molecule has 3 aromatic heterocycles. The number of hydrogen-bond donors (Lipinski definition) is 2. The summed E-state index contributed by atoms with van der Waals surface area (Å²) in [5.74, 6) is 1.36. The fourth-order valence-electron chi connectivity index (χ4n) is 2.69. The molecule has 0 unspecified atom stereocenters. The Bertz CT molecular complexity index is 901. The molecule has 0 aromatic carbocycles. The van der Waals surface area contributed by atoms with Crippen molar-refractivity contribution in [2.75, 3.05) is 20.1 Å². The van der Waals surface area contributed by atoms with E-state index in [0.29, 0.717) is 41.1 Å². The molecule has 0 spiro atoms. The van der Waals surface area contributed by atoms with Crippen LogP contribution in [0.5, 0.6) is 0 Å². The Labute approximate surface area is 151 Å². The molecule has 0 atom stereocenters. The molecule has 2 N–H and O–H groups in total. The molecule has 8 heteroatoms. The Hall–Kier alpha value is -2.38. The second-order valence-electron chi connectivity index (χ2n) is 5.69. The van der Waals surface area contributed by atoms with Crippen molar-refractivity contribution in [1.82, 2.24) is 20.8 Å². The lowest BCUT2D eigenvalue weighted by Crippen LogP contribution is -2.30. The van der Waals surface area contributed by atoms with E-state index in [4.69, 9.17) is 8.94 Å². The number of pyridine rings is 1. The molecule has 0 aliphatic carbocycles. The zero-order valence-electron chi connectivity index (χ0n) is 14.6. The van der Waals surface area contributed by atoms with Crippen LogP contribution in [0.1, 0.15) is 27.6 Å². The van der Waals surface area contributed by atoms with Gasteiger partial charge in [0.15, 0.2) is 0 Å². The molecule has 0 fully saturated rings. The predicted molar refractivity (Wildman–Crippen MR) is 97.2 cm³/mol. The summed E-state index contributed by atoms with van der Waals surface area (Å²) >= 11 is 0. The number of aryl methyl sites for hydroxylation is 3. The minimum Gasteiger partial charge on any atom is -0.466 e. The molecule has 0 aliphatic heterocycles. The third-order valence-electron chi connectivity index (χ3n) is 3.84. The first kappa shape index (κ1) is 19.0. The van der Waals surface area contributed by atoms with Crippen LogP contribution >= 0.6 is 12.4 Å². The first-order valence-electron chi connectivity index (χ1n) is 7.78. The zero-order valence-corrected chi connectivity index (χ0v) is 15.4. The van der Waals surface area contributed by atoms with E-state index < -0.39 is 0 Å². The number of nitrogens with one attached hydrogen (secondary N) is 2. The molecule has 0 saturated carbocycles. The fourth-order valence-corrected chi connectivity index (χ4v) is 2.69. The number of rotatable bonds is 5. The van der Waals surface area contributed by atoms with Crippen molar-refractivity contribution in [2.45, 2.75) is 20.8 Å². The number of carbonyl (C=O) groups excluding carboxylic acids is 1. The molecule has 3 rings (SSSR count). The molecular formula is C17H21ClN4O3. The van der Waals surface area contributed by atoms with Gasteiger partial charge in [0, 0.05) is 18.7 Å². The highest BCUT2D eigenvalue weighted by Gasteiger charge is 2.20. The largest absolute Gasteiger partial charge is 0.466 e. The lowest BCUT2D eigenvalue weighted by molar-refractivity contribution is 0.0955. The lowest BCUT2D eigenvalue weighted by Gasteiger charge is -2.07.